The summed E-state index contributed by atoms with van der Waals surface area (Å²) in [7, 11) is 3.73. The van der Waals surface area contributed by atoms with Crippen molar-refractivity contribution in [3.05, 3.63) is 12.2 Å². The number of hydrogen-bond donors (Lipinski definition) is 1. The normalized spacial score (nSPS) is 14.3. The SMILES string of the molecule is C=C(C(=O)O)C(N(C)C)C(C)(C)C. The summed E-state index contributed by atoms with van der Waals surface area (Å²) in [4.78, 5) is 12.7. The number of nitrogens with zero attached hydrogens (tertiary/aromatic N) is 1. The largest absolute Gasteiger partial charge is 0.478 e. The molecular formula is C10H19NO2. The third kappa shape index (κ3) is 3.19. The van der Waals surface area contributed by atoms with Crippen molar-refractivity contribution in [1.29, 1.82) is 0 Å². The Morgan fingerprint density at radius 2 is 1.77 bits per heavy atom. The lowest BCUT2D eigenvalue weighted by Crippen LogP contribution is -2.42. The molecule has 0 heterocycles. The van der Waals surface area contributed by atoms with E-state index in [0.29, 0.717) is 0 Å². The minimum Gasteiger partial charge on any atom is -0.478 e. The standard InChI is InChI=1S/C10H19NO2/c1-7(9(12)13)8(11(5)6)10(2,3)4/h8H,1H2,2-6H3,(H,12,13). The van der Waals surface area contributed by atoms with E-state index in [1.807, 2.05) is 39.8 Å². The molecule has 1 N–H and O–H groups in total. The van der Waals surface area contributed by atoms with Gasteiger partial charge in [0.25, 0.3) is 0 Å². The molecule has 0 rings (SSSR count). The topological polar surface area (TPSA) is 40.5 Å². The molecule has 0 aliphatic rings. The van der Waals surface area contributed by atoms with Crippen LogP contribution in [0.4, 0.5) is 0 Å². The van der Waals surface area contributed by atoms with Crippen LogP contribution >= 0.6 is 0 Å². The Balaban J connectivity index is 4.84. The monoisotopic (exact) mass is 185 g/mol. The first-order valence-corrected chi connectivity index (χ1v) is 4.26. The van der Waals surface area contributed by atoms with Gasteiger partial charge >= 0.3 is 5.97 Å². The Morgan fingerprint density at radius 3 is 1.85 bits per heavy atom. The Hall–Kier alpha value is -0.830. The molecule has 0 fully saturated rings. The van der Waals surface area contributed by atoms with Crippen LogP contribution < -0.4 is 0 Å². The molecule has 1 atom stereocenters. The lowest BCUT2D eigenvalue weighted by atomic mass is 9.82. The van der Waals surface area contributed by atoms with E-state index in [1.165, 1.54) is 0 Å². The van der Waals surface area contributed by atoms with Crippen molar-refractivity contribution in [3.63, 3.8) is 0 Å². The van der Waals surface area contributed by atoms with Gasteiger partial charge in [-0.05, 0) is 19.5 Å². The predicted octanol–water partition coefficient (Wildman–Crippen LogP) is 1.60. The lowest BCUT2D eigenvalue weighted by molar-refractivity contribution is -0.133. The van der Waals surface area contributed by atoms with Crippen molar-refractivity contribution in [2.75, 3.05) is 14.1 Å². The van der Waals surface area contributed by atoms with Crippen molar-refractivity contribution in [1.82, 2.24) is 4.90 Å². The van der Waals surface area contributed by atoms with E-state index in [2.05, 4.69) is 6.58 Å². The molecule has 0 amide bonds. The smallest absolute Gasteiger partial charge is 0.332 e. The zero-order valence-corrected chi connectivity index (χ0v) is 9.09. The first-order chi connectivity index (χ1) is 5.68. The van der Waals surface area contributed by atoms with E-state index in [1.54, 1.807) is 0 Å². The van der Waals surface area contributed by atoms with Gasteiger partial charge in [-0.25, -0.2) is 4.79 Å². The summed E-state index contributed by atoms with van der Waals surface area (Å²) in [5.41, 5.74) is 0.136. The number of rotatable bonds is 3. The molecule has 0 saturated heterocycles. The zero-order valence-electron chi connectivity index (χ0n) is 9.09. The Morgan fingerprint density at radius 1 is 1.38 bits per heavy atom. The highest BCUT2D eigenvalue weighted by atomic mass is 16.4. The average Bonchev–Trinajstić information content (AvgIpc) is 1.82. The maximum atomic E-state index is 10.8. The van der Waals surface area contributed by atoms with Crippen molar-refractivity contribution >= 4 is 5.97 Å². The Bertz CT molecular complexity index is 213. The van der Waals surface area contributed by atoms with Crippen LogP contribution in [-0.4, -0.2) is 36.1 Å². The fourth-order valence-corrected chi connectivity index (χ4v) is 1.73. The van der Waals surface area contributed by atoms with Crippen LogP contribution in [0.2, 0.25) is 0 Å². The molecule has 0 spiro atoms. The number of carboxylic acids is 1. The minimum absolute atomic E-state index is 0.112. The number of hydrogen-bond acceptors (Lipinski definition) is 2. The fraction of sp³-hybridized carbons (Fsp3) is 0.700. The summed E-state index contributed by atoms with van der Waals surface area (Å²) in [6.07, 6.45) is 0. The van der Waals surface area contributed by atoms with Gasteiger partial charge in [0.2, 0.25) is 0 Å². The highest BCUT2D eigenvalue weighted by molar-refractivity contribution is 5.87. The van der Waals surface area contributed by atoms with Gasteiger partial charge in [-0.15, -0.1) is 0 Å². The quantitative estimate of drug-likeness (QED) is 0.679. The third-order valence-electron chi connectivity index (χ3n) is 1.94. The number of carboxylic acid groups (broad SMARTS) is 1. The molecule has 76 valence electrons. The number of likely N-dealkylation sites (N-methyl/N-ethyl adjacent to an activating group) is 1. The highest BCUT2D eigenvalue weighted by Crippen LogP contribution is 2.27. The zero-order chi connectivity index (χ0) is 10.8. The molecule has 3 heteroatoms. The van der Waals surface area contributed by atoms with Crippen LogP contribution in [0.3, 0.4) is 0 Å². The van der Waals surface area contributed by atoms with Crippen LogP contribution in [0, 0.1) is 5.41 Å². The summed E-state index contributed by atoms with van der Waals surface area (Å²) < 4.78 is 0. The van der Waals surface area contributed by atoms with Crippen molar-refractivity contribution in [2.24, 2.45) is 5.41 Å². The molecule has 0 aliphatic carbocycles. The van der Waals surface area contributed by atoms with Gasteiger partial charge in [-0.3, -0.25) is 0 Å². The molecule has 1 unspecified atom stereocenters. The highest BCUT2D eigenvalue weighted by Gasteiger charge is 2.31. The first-order valence-electron chi connectivity index (χ1n) is 4.26. The van der Waals surface area contributed by atoms with Crippen molar-refractivity contribution in [2.45, 2.75) is 26.8 Å². The maximum Gasteiger partial charge on any atom is 0.332 e. The van der Waals surface area contributed by atoms with E-state index in [9.17, 15) is 4.79 Å². The van der Waals surface area contributed by atoms with Gasteiger partial charge in [-0.2, -0.15) is 0 Å². The molecule has 0 aliphatic heterocycles. The third-order valence-corrected chi connectivity index (χ3v) is 1.94. The summed E-state index contributed by atoms with van der Waals surface area (Å²) >= 11 is 0. The van der Waals surface area contributed by atoms with E-state index in [0.717, 1.165) is 0 Å². The number of carbonyl (C=O) groups is 1. The molecule has 0 saturated carbocycles. The predicted molar refractivity (Wildman–Crippen MR) is 53.7 cm³/mol. The second kappa shape index (κ2) is 3.92. The fourth-order valence-electron chi connectivity index (χ4n) is 1.73. The van der Waals surface area contributed by atoms with Crippen LogP contribution in [0.1, 0.15) is 20.8 Å². The summed E-state index contributed by atoms with van der Waals surface area (Å²) in [6, 6.07) is -0.134. The van der Waals surface area contributed by atoms with E-state index in [-0.39, 0.29) is 17.0 Å². The van der Waals surface area contributed by atoms with Crippen LogP contribution in [0.5, 0.6) is 0 Å². The molecule has 0 radical (unpaired) electrons. The van der Waals surface area contributed by atoms with Gasteiger partial charge in [0, 0.05) is 11.6 Å². The van der Waals surface area contributed by atoms with Gasteiger partial charge < -0.3 is 10.0 Å². The van der Waals surface area contributed by atoms with Crippen LogP contribution in [0.15, 0.2) is 12.2 Å². The van der Waals surface area contributed by atoms with Crippen LogP contribution in [0.25, 0.3) is 0 Å². The molecule has 0 bridgehead atoms. The molecule has 0 aromatic rings. The molecule has 0 aromatic heterocycles. The van der Waals surface area contributed by atoms with Crippen molar-refractivity contribution in [3.8, 4) is 0 Å². The summed E-state index contributed by atoms with van der Waals surface area (Å²) in [5.74, 6) is -0.923. The first kappa shape index (κ1) is 12.2. The van der Waals surface area contributed by atoms with E-state index < -0.39 is 5.97 Å². The lowest BCUT2D eigenvalue weighted by Gasteiger charge is -2.35. The molecule has 0 aromatic carbocycles. The molecule has 3 nitrogen and oxygen atoms in total. The van der Waals surface area contributed by atoms with Gasteiger partial charge in [0.1, 0.15) is 0 Å². The number of aliphatic carboxylic acids is 1. The Labute approximate surface area is 80.0 Å². The summed E-state index contributed by atoms with van der Waals surface area (Å²) in [6.45, 7) is 9.62. The van der Waals surface area contributed by atoms with Gasteiger partial charge in [0.05, 0.1) is 0 Å². The summed E-state index contributed by atoms with van der Waals surface area (Å²) in [5, 5.41) is 8.84. The van der Waals surface area contributed by atoms with Gasteiger partial charge in [0.15, 0.2) is 0 Å². The average molecular weight is 185 g/mol. The second-order valence-corrected chi connectivity index (χ2v) is 4.56. The minimum atomic E-state index is -0.923. The van der Waals surface area contributed by atoms with Crippen molar-refractivity contribution < 1.29 is 9.90 Å². The second-order valence-electron chi connectivity index (χ2n) is 4.56. The molecular weight excluding hydrogens is 166 g/mol. The Kier molecular flexibility index (Phi) is 3.67. The van der Waals surface area contributed by atoms with E-state index >= 15 is 0 Å². The molecule has 13 heavy (non-hydrogen) atoms. The van der Waals surface area contributed by atoms with Crippen LogP contribution in [-0.2, 0) is 4.79 Å². The maximum absolute atomic E-state index is 10.8. The van der Waals surface area contributed by atoms with E-state index in [4.69, 9.17) is 5.11 Å². The van der Waals surface area contributed by atoms with Gasteiger partial charge in [-0.1, -0.05) is 27.4 Å².